The molecule has 1 aromatic carbocycles. The van der Waals surface area contributed by atoms with Crippen molar-refractivity contribution in [2.45, 2.75) is 11.8 Å². The van der Waals surface area contributed by atoms with Crippen molar-refractivity contribution in [3.8, 4) is 10.8 Å². The Bertz CT molecular complexity index is 1030. The van der Waals surface area contributed by atoms with Gasteiger partial charge in [0.25, 0.3) is 5.91 Å². The van der Waals surface area contributed by atoms with Crippen molar-refractivity contribution in [2.24, 2.45) is 0 Å². The molecule has 2 aromatic heterocycles. The van der Waals surface area contributed by atoms with E-state index in [0.717, 1.165) is 6.26 Å². The number of thiazole rings is 1. The Hall–Kier alpha value is -2.65. The first-order chi connectivity index (χ1) is 11.8. The van der Waals surface area contributed by atoms with Crippen LogP contribution in [0.25, 0.3) is 10.8 Å². The summed E-state index contributed by atoms with van der Waals surface area (Å²) < 4.78 is 23.2. The molecular formula is C16H14N4O3S2. The number of aromatic nitrogens is 3. The van der Waals surface area contributed by atoms with E-state index in [2.05, 4.69) is 20.3 Å². The Morgan fingerprint density at radius 2 is 1.88 bits per heavy atom. The summed E-state index contributed by atoms with van der Waals surface area (Å²) >= 11 is 1.18. The zero-order valence-corrected chi connectivity index (χ0v) is 15.1. The minimum absolute atomic E-state index is 0.143. The Morgan fingerprint density at radius 1 is 1.16 bits per heavy atom. The second-order valence-corrected chi connectivity index (χ2v) is 8.27. The molecule has 2 heterocycles. The van der Waals surface area contributed by atoms with Gasteiger partial charge in [0.1, 0.15) is 4.88 Å². The molecule has 128 valence electrons. The summed E-state index contributed by atoms with van der Waals surface area (Å²) in [6.45, 7) is 1.73. The van der Waals surface area contributed by atoms with Crippen molar-refractivity contribution < 1.29 is 13.2 Å². The SMILES string of the molecule is Cc1nc(-c2ncccn2)sc1C(=O)Nc1cccc(S(C)(=O)=O)c1. The zero-order valence-electron chi connectivity index (χ0n) is 13.4. The number of rotatable bonds is 4. The Labute approximate surface area is 148 Å². The summed E-state index contributed by atoms with van der Waals surface area (Å²) in [5.41, 5.74) is 0.961. The number of benzene rings is 1. The number of sulfone groups is 1. The standard InChI is InChI=1S/C16H14N4O3S2/c1-10-13(24-16(19-10)14-17-7-4-8-18-14)15(21)20-11-5-3-6-12(9-11)25(2,22)23/h3-9H,1-2H3,(H,20,21). The van der Waals surface area contributed by atoms with Crippen LogP contribution in [0.2, 0.25) is 0 Å². The largest absolute Gasteiger partial charge is 0.321 e. The lowest BCUT2D eigenvalue weighted by Gasteiger charge is -2.06. The van der Waals surface area contributed by atoms with Crippen LogP contribution in [0.5, 0.6) is 0 Å². The molecule has 1 N–H and O–H groups in total. The molecular weight excluding hydrogens is 360 g/mol. The third kappa shape index (κ3) is 3.89. The third-order valence-corrected chi connectivity index (χ3v) is 5.54. The molecule has 0 fully saturated rings. The number of amides is 1. The highest BCUT2D eigenvalue weighted by molar-refractivity contribution is 7.90. The third-order valence-electron chi connectivity index (χ3n) is 3.28. The molecule has 0 spiro atoms. The first-order valence-corrected chi connectivity index (χ1v) is 9.91. The number of hydrogen-bond donors (Lipinski definition) is 1. The Kier molecular flexibility index (Phi) is 4.60. The van der Waals surface area contributed by atoms with Gasteiger partial charge in [-0.3, -0.25) is 4.79 Å². The van der Waals surface area contributed by atoms with Crippen LogP contribution in [0, 0.1) is 6.92 Å². The van der Waals surface area contributed by atoms with Gasteiger partial charge in [-0.15, -0.1) is 11.3 Å². The molecule has 9 heteroatoms. The number of carbonyl (C=O) groups is 1. The van der Waals surface area contributed by atoms with E-state index in [-0.39, 0.29) is 10.8 Å². The first-order valence-electron chi connectivity index (χ1n) is 7.21. The molecule has 0 aliphatic rings. The average Bonchev–Trinajstić information content (AvgIpc) is 2.97. The van der Waals surface area contributed by atoms with E-state index in [1.54, 1.807) is 37.5 Å². The van der Waals surface area contributed by atoms with E-state index in [1.807, 2.05) is 0 Å². The monoisotopic (exact) mass is 374 g/mol. The van der Waals surface area contributed by atoms with Crippen molar-refractivity contribution in [3.63, 3.8) is 0 Å². The van der Waals surface area contributed by atoms with Crippen LogP contribution in [0.3, 0.4) is 0 Å². The molecule has 0 aliphatic carbocycles. The van der Waals surface area contributed by atoms with Gasteiger partial charge in [0.2, 0.25) is 0 Å². The smallest absolute Gasteiger partial charge is 0.267 e. The molecule has 0 radical (unpaired) electrons. The second-order valence-electron chi connectivity index (χ2n) is 5.26. The van der Waals surface area contributed by atoms with Gasteiger partial charge in [0.05, 0.1) is 10.6 Å². The van der Waals surface area contributed by atoms with Crippen LogP contribution >= 0.6 is 11.3 Å². The zero-order chi connectivity index (χ0) is 18.0. The van der Waals surface area contributed by atoms with Crippen molar-refractivity contribution >= 4 is 32.8 Å². The van der Waals surface area contributed by atoms with E-state index >= 15 is 0 Å². The number of aryl methyl sites for hydroxylation is 1. The topological polar surface area (TPSA) is 102 Å². The molecule has 1 amide bonds. The van der Waals surface area contributed by atoms with Crippen molar-refractivity contribution in [1.29, 1.82) is 0 Å². The van der Waals surface area contributed by atoms with E-state index in [4.69, 9.17) is 0 Å². The Morgan fingerprint density at radius 3 is 2.56 bits per heavy atom. The molecule has 0 aliphatic heterocycles. The molecule has 0 atom stereocenters. The highest BCUT2D eigenvalue weighted by Crippen LogP contribution is 2.26. The van der Waals surface area contributed by atoms with Gasteiger partial charge in [-0.1, -0.05) is 6.07 Å². The molecule has 0 saturated heterocycles. The highest BCUT2D eigenvalue weighted by Gasteiger charge is 2.18. The highest BCUT2D eigenvalue weighted by atomic mass is 32.2. The molecule has 0 unspecified atom stereocenters. The minimum Gasteiger partial charge on any atom is -0.321 e. The van der Waals surface area contributed by atoms with Gasteiger partial charge in [-0.05, 0) is 31.2 Å². The lowest BCUT2D eigenvalue weighted by molar-refractivity contribution is 0.102. The average molecular weight is 374 g/mol. The number of anilines is 1. The van der Waals surface area contributed by atoms with Crippen LogP contribution in [0.15, 0.2) is 47.6 Å². The molecule has 25 heavy (non-hydrogen) atoms. The molecule has 7 nitrogen and oxygen atoms in total. The van der Waals surface area contributed by atoms with Gasteiger partial charge in [-0.25, -0.2) is 23.4 Å². The van der Waals surface area contributed by atoms with Gasteiger partial charge >= 0.3 is 0 Å². The van der Waals surface area contributed by atoms with Crippen LogP contribution in [-0.4, -0.2) is 35.5 Å². The fourth-order valence-electron chi connectivity index (χ4n) is 2.10. The predicted molar refractivity (Wildman–Crippen MR) is 95.4 cm³/mol. The van der Waals surface area contributed by atoms with Crippen LogP contribution in [-0.2, 0) is 9.84 Å². The fourth-order valence-corrected chi connectivity index (χ4v) is 3.68. The second kappa shape index (κ2) is 6.69. The van der Waals surface area contributed by atoms with Gasteiger partial charge in [0, 0.05) is 24.3 Å². The minimum atomic E-state index is -3.34. The summed E-state index contributed by atoms with van der Waals surface area (Å²) in [5, 5.41) is 3.25. The van der Waals surface area contributed by atoms with E-state index in [9.17, 15) is 13.2 Å². The number of nitrogens with one attached hydrogen (secondary N) is 1. The lowest BCUT2D eigenvalue weighted by Crippen LogP contribution is -2.12. The first kappa shape index (κ1) is 17.2. The van der Waals surface area contributed by atoms with E-state index < -0.39 is 9.84 Å². The summed E-state index contributed by atoms with van der Waals surface area (Å²) in [6, 6.07) is 7.81. The van der Waals surface area contributed by atoms with Gasteiger partial charge in [0.15, 0.2) is 20.7 Å². The lowest BCUT2D eigenvalue weighted by atomic mass is 10.3. The normalized spacial score (nSPS) is 11.3. The van der Waals surface area contributed by atoms with Crippen LogP contribution in [0.4, 0.5) is 5.69 Å². The predicted octanol–water partition coefficient (Wildman–Crippen LogP) is 2.56. The number of nitrogens with zero attached hydrogens (tertiary/aromatic N) is 3. The Balaban J connectivity index is 1.86. The van der Waals surface area contributed by atoms with Gasteiger partial charge < -0.3 is 5.32 Å². The molecule has 0 bridgehead atoms. The van der Waals surface area contributed by atoms with E-state index in [1.165, 1.54) is 23.5 Å². The summed E-state index contributed by atoms with van der Waals surface area (Å²) in [4.78, 5) is 25.7. The van der Waals surface area contributed by atoms with Crippen LogP contribution < -0.4 is 5.32 Å². The van der Waals surface area contributed by atoms with Crippen molar-refractivity contribution in [2.75, 3.05) is 11.6 Å². The maximum Gasteiger partial charge on any atom is 0.267 e. The summed E-state index contributed by atoms with van der Waals surface area (Å²) in [5.74, 6) is 0.0940. The van der Waals surface area contributed by atoms with Gasteiger partial charge in [-0.2, -0.15) is 0 Å². The summed E-state index contributed by atoms with van der Waals surface area (Å²) in [6.07, 6.45) is 4.33. The molecule has 3 rings (SSSR count). The van der Waals surface area contributed by atoms with E-state index in [0.29, 0.717) is 27.1 Å². The maximum absolute atomic E-state index is 12.5. The van der Waals surface area contributed by atoms with Crippen molar-refractivity contribution in [1.82, 2.24) is 15.0 Å². The number of hydrogen-bond acceptors (Lipinski definition) is 7. The van der Waals surface area contributed by atoms with Crippen molar-refractivity contribution in [3.05, 3.63) is 53.3 Å². The molecule has 0 saturated carbocycles. The van der Waals surface area contributed by atoms with Crippen LogP contribution in [0.1, 0.15) is 15.4 Å². The maximum atomic E-state index is 12.5. The number of carbonyl (C=O) groups excluding carboxylic acids is 1. The fraction of sp³-hybridized carbons (Fsp3) is 0.125. The summed E-state index contributed by atoms with van der Waals surface area (Å²) in [7, 11) is -3.34. The molecule has 3 aromatic rings. The quantitative estimate of drug-likeness (QED) is 0.753.